The van der Waals surface area contributed by atoms with Crippen LogP contribution >= 0.6 is 0 Å². The summed E-state index contributed by atoms with van der Waals surface area (Å²) in [6.07, 6.45) is 0.156. The number of rotatable bonds is 5. The van der Waals surface area contributed by atoms with Gasteiger partial charge in [0.05, 0.1) is 12.5 Å². The molecule has 1 unspecified atom stereocenters. The van der Waals surface area contributed by atoms with E-state index in [1.54, 1.807) is 11.8 Å². The first-order valence-corrected chi connectivity index (χ1v) is 7.32. The van der Waals surface area contributed by atoms with Crippen LogP contribution in [-0.4, -0.2) is 37.5 Å². The minimum atomic E-state index is -0.476. The SMILES string of the molecule is CCOC(=O)CNC(=O)C1CC(=O)N(c2ccccc2C)C1. The number of nitrogens with one attached hydrogen (secondary N) is 1. The Hall–Kier alpha value is -2.37. The lowest BCUT2D eigenvalue weighted by Crippen LogP contribution is -2.36. The molecule has 1 atom stereocenters. The second-order valence-corrected chi connectivity index (χ2v) is 5.21. The molecule has 118 valence electrons. The number of carbonyl (C=O) groups is 3. The van der Waals surface area contributed by atoms with Crippen LogP contribution in [0.4, 0.5) is 5.69 Å². The fraction of sp³-hybridized carbons (Fsp3) is 0.438. The Balaban J connectivity index is 1.96. The van der Waals surface area contributed by atoms with E-state index < -0.39 is 11.9 Å². The summed E-state index contributed by atoms with van der Waals surface area (Å²) in [6, 6.07) is 7.57. The highest BCUT2D eigenvalue weighted by molar-refractivity contribution is 6.01. The molecule has 1 aromatic carbocycles. The second-order valence-electron chi connectivity index (χ2n) is 5.21. The van der Waals surface area contributed by atoms with E-state index in [4.69, 9.17) is 4.74 Å². The first-order valence-electron chi connectivity index (χ1n) is 7.32. The lowest BCUT2D eigenvalue weighted by atomic mass is 10.1. The van der Waals surface area contributed by atoms with Crippen molar-refractivity contribution in [2.75, 3.05) is 24.6 Å². The summed E-state index contributed by atoms with van der Waals surface area (Å²) in [7, 11) is 0. The molecule has 1 heterocycles. The van der Waals surface area contributed by atoms with Crippen LogP contribution in [0.25, 0.3) is 0 Å². The summed E-state index contributed by atoms with van der Waals surface area (Å²) in [6.45, 7) is 4.07. The molecule has 1 N–H and O–H groups in total. The van der Waals surface area contributed by atoms with Gasteiger partial charge in [0.15, 0.2) is 0 Å². The third-order valence-corrected chi connectivity index (χ3v) is 3.61. The predicted octanol–water partition coefficient (Wildman–Crippen LogP) is 1.03. The van der Waals surface area contributed by atoms with E-state index in [-0.39, 0.29) is 31.4 Å². The van der Waals surface area contributed by atoms with Crippen molar-refractivity contribution in [3.63, 3.8) is 0 Å². The van der Waals surface area contributed by atoms with Gasteiger partial charge in [-0.1, -0.05) is 18.2 Å². The van der Waals surface area contributed by atoms with Crippen LogP contribution in [0.1, 0.15) is 18.9 Å². The summed E-state index contributed by atoms with van der Waals surface area (Å²) >= 11 is 0. The van der Waals surface area contributed by atoms with Gasteiger partial charge in [-0.05, 0) is 25.5 Å². The number of para-hydroxylation sites is 1. The normalized spacial score (nSPS) is 17.5. The maximum absolute atomic E-state index is 12.1. The summed E-state index contributed by atoms with van der Waals surface area (Å²) in [5.41, 5.74) is 1.82. The van der Waals surface area contributed by atoms with Crippen molar-refractivity contribution in [3.8, 4) is 0 Å². The molecule has 1 saturated heterocycles. The van der Waals surface area contributed by atoms with E-state index in [1.807, 2.05) is 31.2 Å². The Morgan fingerprint density at radius 1 is 1.36 bits per heavy atom. The zero-order valence-corrected chi connectivity index (χ0v) is 12.8. The van der Waals surface area contributed by atoms with Gasteiger partial charge < -0.3 is 15.0 Å². The number of amides is 2. The molecule has 22 heavy (non-hydrogen) atoms. The largest absolute Gasteiger partial charge is 0.465 e. The summed E-state index contributed by atoms with van der Waals surface area (Å²) in [4.78, 5) is 37.1. The van der Waals surface area contributed by atoms with Crippen LogP contribution in [0.5, 0.6) is 0 Å². The molecule has 1 aliphatic heterocycles. The van der Waals surface area contributed by atoms with Crippen molar-refractivity contribution in [2.45, 2.75) is 20.3 Å². The highest BCUT2D eigenvalue weighted by atomic mass is 16.5. The van der Waals surface area contributed by atoms with Gasteiger partial charge in [-0.3, -0.25) is 14.4 Å². The van der Waals surface area contributed by atoms with Gasteiger partial charge in [0, 0.05) is 18.7 Å². The molecular weight excluding hydrogens is 284 g/mol. The van der Waals surface area contributed by atoms with Crippen LogP contribution in [0.15, 0.2) is 24.3 Å². The quantitative estimate of drug-likeness (QED) is 0.824. The average Bonchev–Trinajstić information content (AvgIpc) is 2.87. The zero-order chi connectivity index (χ0) is 16.1. The number of carbonyl (C=O) groups excluding carboxylic acids is 3. The number of esters is 1. The second kappa shape index (κ2) is 7.06. The van der Waals surface area contributed by atoms with Gasteiger partial charge in [-0.15, -0.1) is 0 Å². The van der Waals surface area contributed by atoms with Crippen molar-refractivity contribution in [2.24, 2.45) is 5.92 Å². The Bertz CT molecular complexity index is 585. The van der Waals surface area contributed by atoms with Crippen molar-refractivity contribution >= 4 is 23.5 Å². The minimum Gasteiger partial charge on any atom is -0.465 e. The molecule has 2 rings (SSSR count). The maximum Gasteiger partial charge on any atom is 0.325 e. The van der Waals surface area contributed by atoms with E-state index in [9.17, 15) is 14.4 Å². The van der Waals surface area contributed by atoms with Crippen molar-refractivity contribution in [3.05, 3.63) is 29.8 Å². The predicted molar refractivity (Wildman–Crippen MR) is 81.3 cm³/mol. The molecule has 0 saturated carbocycles. The van der Waals surface area contributed by atoms with Crippen LogP contribution in [0.2, 0.25) is 0 Å². The Kier molecular flexibility index (Phi) is 5.14. The van der Waals surface area contributed by atoms with Crippen molar-refractivity contribution < 1.29 is 19.1 Å². The summed E-state index contributed by atoms with van der Waals surface area (Å²) in [5.74, 6) is -1.29. The number of nitrogens with zero attached hydrogens (tertiary/aromatic N) is 1. The maximum atomic E-state index is 12.1. The number of hydrogen-bond acceptors (Lipinski definition) is 4. The van der Waals surface area contributed by atoms with Crippen LogP contribution in [0.3, 0.4) is 0 Å². The van der Waals surface area contributed by atoms with Gasteiger partial charge in [-0.2, -0.15) is 0 Å². The zero-order valence-electron chi connectivity index (χ0n) is 12.8. The molecule has 6 nitrogen and oxygen atoms in total. The van der Waals surface area contributed by atoms with Gasteiger partial charge in [0.25, 0.3) is 0 Å². The van der Waals surface area contributed by atoms with Gasteiger partial charge in [0.1, 0.15) is 6.54 Å². The molecule has 2 amide bonds. The van der Waals surface area contributed by atoms with E-state index in [1.165, 1.54) is 0 Å². The fourth-order valence-corrected chi connectivity index (χ4v) is 2.50. The third-order valence-electron chi connectivity index (χ3n) is 3.61. The average molecular weight is 304 g/mol. The monoisotopic (exact) mass is 304 g/mol. The molecular formula is C16H20N2O4. The first-order chi connectivity index (χ1) is 10.5. The highest BCUT2D eigenvalue weighted by Gasteiger charge is 2.35. The fourth-order valence-electron chi connectivity index (χ4n) is 2.50. The number of hydrogen-bond donors (Lipinski definition) is 1. The van der Waals surface area contributed by atoms with E-state index in [2.05, 4.69) is 5.32 Å². The Labute approximate surface area is 129 Å². The summed E-state index contributed by atoms with van der Waals surface area (Å²) < 4.78 is 4.75. The number of anilines is 1. The van der Waals surface area contributed by atoms with Crippen LogP contribution in [0, 0.1) is 12.8 Å². The first kappa shape index (κ1) is 16.0. The highest BCUT2D eigenvalue weighted by Crippen LogP contribution is 2.27. The van der Waals surface area contributed by atoms with Gasteiger partial charge >= 0.3 is 5.97 Å². The topological polar surface area (TPSA) is 75.7 Å². The summed E-state index contributed by atoms with van der Waals surface area (Å²) in [5, 5.41) is 2.52. The van der Waals surface area contributed by atoms with E-state index >= 15 is 0 Å². The minimum absolute atomic E-state index is 0.0782. The third kappa shape index (κ3) is 3.63. The smallest absolute Gasteiger partial charge is 0.325 e. The van der Waals surface area contributed by atoms with E-state index in [0.717, 1.165) is 11.3 Å². The number of benzene rings is 1. The number of aryl methyl sites for hydroxylation is 1. The van der Waals surface area contributed by atoms with Crippen LogP contribution in [-0.2, 0) is 19.1 Å². The molecule has 1 fully saturated rings. The molecule has 6 heteroatoms. The Morgan fingerprint density at radius 2 is 2.09 bits per heavy atom. The van der Waals surface area contributed by atoms with Crippen molar-refractivity contribution in [1.29, 1.82) is 0 Å². The van der Waals surface area contributed by atoms with Gasteiger partial charge in [0.2, 0.25) is 11.8 Å². The molecule has 0 spiro atoms. The molecule has 0 aliphatic carbocycles. The molecule has 0 bridgehead atoms. The molecule has 0 radical (unpaired) electrons. The molecule has 1 aliphatic rings. The lowest BCUT2D eigenvalue weighted by molar-refractivity contribution is -0.143. The van der Waals surface area contributed by atoms with E-state index in [0.29, 0.717) is 6.54 Å². The van der Waals surface area contributed by atoms with Crippen molar-refractivity contribution in [1.82, 2.24) is 5.32 Å². The molecule has 1 aromatic rings. The lowest BCUT2D eigenvalue weighted by Gasteiger charge is -2.18. The number of ether oxygens (including phenoxy) is 1. The van der Waals surface area contributed by atoms with Crippen LogP contribution < -0.4 is 10.2 Å². The Morgan fingerprint density at radius 3 is 2.77 bits per heavy atom. The standard InChI is InChI=1S/C16H20N2O4/c1-3-22-15(20)9-17-16(21)12-8-14(19)18(10-12)13-7-5-4-6-11(13)2/h4-7,12H,3,8-10H2,1-2H3,(H,17,21). The van der Waals surface area contributed by atoms with Gasteiger partial charge in [-0.25, -0.2) is 0 Å². The molecule has 0 aromatic heterocycles.